The van der Waals surface area contributed by atoms with Gasteiger partial charge in [-0.25, -0.2) is 9.18 Å². The largest absolute Gasteiger partial charge is 0.433 e. The van der Waals surface area contributed by atoms with E-state index in [9.17, 15) is 18.0 Å². The van der Waals surface area contributed by atoms with Crippen LogP contribution < -0.4 is 15.4 Å². The van der Waals surface area contributed by atoms with Crippen molar-refractivity contribution < 1.29 is 27.4 Å². The summed E-state index contributed by atoms with van der Waals surface area (Å²) in [4.78, 5) is 11.7. The minimum absolute atomic E-state index is 0.190. The van der Waals surface area contributed by atoms with Gasteiger partial charge in [0.1, 0.15) is 11.6 Å². The molecule has 0 spiro atoms. The van der Waals surface area contributed by atoms with Crippen LogP contribution in [0.2, 0.25) is 0 Å². The van der Waals surface area contributed by atoms with E-state index in [0.717, 1.165) is 18.2 Å². The van der Waals surface area contributed by atoms with Crippen molar-refractivity contribution in [1.29, 1.82) is 0 Å². The van der Waals surface area contributed by atoms with Crippen LogP contribution in [0.25, 0.3) is 0 Å². The van der Waals surface area contributed by atoms with E-state index in [1.165, 1.54) is 7.11 Å². The van der Waals surface area contributed by atoms with Crippen LogP contribution in [0, 0.1) is 5.82 Å². The Bertz CT molecular complexity index is 486. The maximum absolute atomic E-state index is 13.1. The molecule has 0 bridgehead atoms. The van der Waals surface area contributed by atoms with Crippen molar-refractivity contribution in [3.63, 3.8) is 0 Å². The molecule has 0 heterocycles. The van der Waals surface area contributed by atoms with E-state index < -0.39 is 18.5 Å². The van der Waals surface area contributed by atoms with Gasteiger partial charge in [0.2, 0.25) is 0 Å². The van der Waals surface area contributed by atoms with Crippen LogP contribution in [0.3, 0.4) is 0 Å². The van der Waals surface area contributed by atoms with Crippen molar-refractivity contribution in [2.75, 3.05) is 12.4 Å². The molecule has 0 aliphatic carbocycles. The summed E-state index contributed by atoms with van der Waals surface area (Å²) in [6.45, 7) is 0.375. The van der Waals surface area contributed by atoms with E-state index in [0.29, 0.717) is 0 Å². The minimum atomic E-state index is -3.08. The number of hydrogen-bond acceptors (Lipinski definition) is 3. The number of rotatable bonds is 6. The van der Waals surface area contributed by atoms with Crippen molar-refractivity contribution >= 4 is 11.7 Å². The second-order valence-electron chi connectivity index (χ2n) is 4.35. The van der Waals surface area contributed by atoms with Crippen LogP contribution in [0.15, 0.2) is 18.2 Å². The molecule has 2 atom stereocenters. The molecule has 0 aliphatic rings. The summed E-state index contributed by atoms with van der Waals surface area (Å²) in [6.07, 6.45) is -0.250. The number of alkyl halides is 2. The van der Waals surface area contributed by atoms with Gasteiger partial charge in [0.05, 0.1) is 17.8 Å². The SMILES string of the molecule is COC(C)[C@H](C)NC(=O)Nc1cc(F)ccc1OC(F)F. The number of ether oxygens (including phenoxy) is 2. The first-order valence-electron chi connectivity index (χ1n) is 6.18. The van der Waals surface area contributed by atoms with Crippen molar-refractivity contribution in [3.8, 4) is 5.75 Å². The van der Waals surface area contributed by atoms with E-state index in [4.69, 9.17) is 4.74 Å². The third kappa shape index (κ3) is 5.50. The number of hydrogen-bond donors (Lipinski definition) is 2. The molecule has 2 amide bonds. The van der Waals surface area contributed by atoms with Gasteiger partial charge in [-0.15, -0.1) is 0 Å². The smallest absolute Gasteiger partial charge is 0.387 e. The van der Waals surface area contributed by atoms with E-state index in [1.54, 1.807) is 13.8 Å². The maximum atomic E-state index is 13.1. The molecule has 0 saturated heterocycles. The van der Waals surface area contributed by atoms with E-state index in [-0.39, 0.29) is 23.6 Å². The number of halogens is 3. The normalized spacial score (nSPS) is 13.7. The number of amides is 2. The Hall–Kier alpha value is -1.96. The Balaban J connectivity index is 2.77. The lowest BCUT2D eigenvalue weighted by molar-refractivity contribution is -0.0494. The van der Waals surface area contributed by atoms with Gasteiger partial charge in [-0.05, 0) is 26.0 Å². The standard InChI is InChI=1S/C13H17F3N2O3/c1-7(8(2)20-3)17-13(19)18-10-6-9(14)4-5-11(10)21-12(15)16/h4-8,12H,1-3H3,(H2,17,18,19)/t7-,8?/m0/s1. The molecule has 1 aromatic carbocycles. The molecule has 0 radical (unpaired) electrons. The van der Waals surface area contributed by atoms with Gasteiger partial charge in [-0.1, -0.05) is 0 Å². The zero-order valence-electron chi connectivity index (χ0n) is 11.8. The highest BCUT2D eigenvalue weighted by atomic mass is 19.3. The summed E-state index contributed by atoms with van der Waals surface area (Å²) in [5.74, 6) is -1.01. The molecule has 1 rings (SSSR count). The number of methoxy groups -OCH3 is 1. The number of carbonyl (C=O) groups excluding carboxylic acids is 1. The Morgan fingerprint density at radius 2 is 1.95 bits per heavy atom. The fourth-order valence-electron chi connectivity index (χ4n) is 1.49. The summed E-state index contributed by atoms with van der Waals surface area (Å²) < 4.78 is 46.9. The number of carbonyl (C=O) groups is 1. The number of nitrogens with one attached hydrogen (secondary N) is 2. The molecule has 8 heteroatoms. The van der Waals surface area contributed by atoms with Crippen molar-refractivity contribution in [1.82, 2.24) is 5.32 Å². The first kappa shape index (κ1) is 17.1. The third-order valence-electron chi connectivity index (χ3n) is 2.84. The van der Waals surface area contributed by atoms with E-state index in [1.807, 2.05) is 0 Å². The maximum Gasteiger partial charge on any atom is 0.387 e. The quantitative estimate of drug-likeness (QED) is 0.849. The fraction of sp³-hybridized carbons (Fsp3) is 0.462. The van der Waals surface area contributed by atoms with Gasteiger partial charge in [0.15, 0.2) is 0 Å². The average Bonchev–Trinajstić information content (AvgIpc) is 2.40. The molecular formula is C13H17F3N2O3. The lowest BCUT2D eigenvalue weighted by Crippen LogP contribution is -2.42. The molecule has 1 unspecified atom stereocenters. The predicted molar refractivity (Wildman–Crippen MR) is 71.1 cm³/mol. The molecular weight excluding hydrogens is 289 g/mol. The Labute approximate surface area is 120 Å². The topological polar surface area (TPSA) is 59.6 Å². The van der Waals surface area contributed by atoms with Gasteiger partial charge in [-0.3, -0.25) is 0 Å². The molecule has 0 fully saturated rings. The molecule has 0 aromatic heterocycles. The van der Waals surface area contributed by atoms with Crippen molar-refractivity contribution in [2.24, 2.45) is 0 Å². The van der Waals surface area contributed by atoms with Gasteiger partial charge in [0, 0.05) is 13.2 Å². The van der Waals surface area contributed by atoms with Gasteiger partial charge in [0.25, 0.3) is 0 Å². The van der Waals surface area contributed by atoms with Gasteiger partial charge in [-0.2, -0.15) is 8.78 Å². The highest BCUT2D eigenvalue weighted by molar-refractivity contribution is 5.91. The molecule has 1 aromatic rings. The summed E-state index contributed by atoms with van der Waals surface area (Å²) in [6, 6.07) is 1.84. The lowest BCUT2D eigenvalue weighted by atomic mass is 10.2. The van der Waals surface area contributed by atoms with Crippen LogP contribution in [0.4, 0.5) is 23.7 Å². The molecule has 118 valence electrons. The molecule has 0 aliphatic heterocycles. The zero-order valence-corrected chi connectivity index (χ0v) is 11.8. The second kappa shape index (κ2) is 7.72. The van der Waals surface area contributed by atoms with Gasteiger partial charge < -0.3 is 20.1 Å². The highest BCUT2D eigenvalue weighted by Crippen LogP contribution is 2.26. The van der Waals surface area contributed by atoms with Crippen LogP contribution in [0.1, 0.15) is 13.8 Å². The Kier molecular flexibility index (Phi) is 6.29. The first-order chi connectivity index (χ1) is 9.83. The van der Waals surface area contributed by atoms with Gasteiger partial charge >= 0.3 is 12.6 Å². The summed E-state index contributed by atoms with van der Waals surface area (Å²) in [5, 5.41) is 4.80. The fourth-order valence-corrected chi connectivity index (χ4v) is 1.49. The van der Waals surface area contributed by atoms with Crippen LogP contribution in [-0.4, -0.2) is 31.9 Å². The van der Waals surface area contributed by atoms with Crippen LogP contribution in [-0.2, 0) is 4.74 Å². The Morgan fingerprint density at radius 3 is 2.52 bits per heavy atom. The van der Waals surface area contributed by atoms with Crippen molar-refractivity contribution in [3.05, 3.63) is 24.0 Å². The summed E-state index contributed by atoms with van der Waals surface area (Å²) in [7, 11) is 1.49. The number of urea groups is 1. The number of anilines is 1. The molecule has 0 saturated carbocycles. The first-order valence-corrected chi connectivity index (χ1v) is 6.18. The number of benzene rings is 1. The van der Waals surface area contributed by atoms with Crippen molar-refractivity contribution in [2.45, 2.75) is 32.6 Å². The van der Waals surface area contributed by atoms with E-state index >= 15 is 0 Å². The molecule has 2 N–H and O–H groups in total. The monoisotopic (exact) mass is 306 g/mol. The molecule has 5 nitrogen and oxygen atoms in total. The molecule has 21 heavy (non-hydrogen) atoms. The Morgan fingerprint density at radius 1 is 1.29 bits per heavy atom. The zero-order chi connectivity index (χ0) is 16.0. The van der Waals surface area contributed by atoms with Crippen LogP contribution in [0.5, 0.6) is 5.75 Å². The third-order valence-corrected chi connectivity index (χ3v) is 2.84. The average molecular weight is 306 g/mol. The predicted octanol–water partition coefficient (Wildman–Crippen LogP) is 2.97. The summed E-state index contributed by atoms with van der Waals surface area (Å²) in [5.41, 5.74) is -0.190. The highest BCUT2D eigenvalue weighted by Gasteiger charge is 2.17. The van der Waals surface area contributed by atoms with E-state index in [2.05, 4.69) is 15.4 Å². The summed E-state index contributed by atoms with van der Waals surface area (Å²) >= 11 is 0. The lowest BCUT2D eigenvalue weighted by Gasteiger charge is -2.20. The minimum Gasteiger partial charge on any atom is -0.433 e. The second-order valence-corrected chi connectivity index (χ2v) is 4.35. The van der Waals surface area contributed by atoms with Crippen LogP contribution >= 0.6 is 0 Å².